The van der Waals surface area contributed by atoms with Crippen molar-refractivity contribution in [1.29, 1.82) is 0 Å². The molecule has 8 heteroatoms. The van der Waals surface area contributed by atoms with Gasteiger partial charge in [0.1, 0.15) is 11.8 Å². The molecule has 7 nitrogen and oxygen atoms in total. The number of rotatable bonds is 9. The molecular formula is C22H25ClN4O3. The number of hydrogen-bond donors (Lipinski definition) is 1. The van der Waals surface area contributed by atoms with E-state index in [1.807, 2.05) is 39.0 Å². The number of pyridine rings is 1. The minimum Gasteiger partial charge on any atom is -0.493 e. The fraction of sp³-hybridized carbons (Fsp3) is 0.364. The fourth-order valence-corrected chi connectivity index (χ4v) is 3.15. The molecule has 1 N–H and O–H groups in total. The molecule has 1 aromatic carbocycles. The van der Waals surface area contributed by atoms with Crippen molar-refractivity contribution < 1.29 is 14.1 Å². The van der Waals surface area contributed by atoms with Crippen LogP contribution in [0.5, 0.6) is 5.75 Å². The molecule has 0 spiro atoms. The number of aromatic nitrogens is 3. The molecule has 3 rings (SSSR count). The van der Waals surface area contributed by atoms with E-state index >= 15 is 0 Å². The first-order valence-electron chi connectivity index (χ1n) is 9.86. The maximum absolute atomic E-state index is 12.4. The van der Waals surface area contributed by atoms with Crippen molar-refractivity contribution in [1.82, 2.24) is 20.4 Å². The van der Waals surface area contributed by atoms with Crippen molar-refractivity contribution in [2.45, 2.75) is 39.7 Å². The second-order valence-electron chi connectivity index (χ2n) is 7.35. The molecule has 3 aromatic rings. The van der Waals surface area contributed by atoms with Crippen LogP contribution in [-0.4, -0.2) is 27.6 Å². The zero-order chi connectivity index (χ0) is 21.5. The molecule has 1 atom stereocenters. The monoisotopic (exact) mass is 428 g/mol. The maximum Gasteiger partial charge on any atom is 0.249 e. The normalized spacial score (nSPS) is 12.0. The molecule has 0 unspecified atom stereocenters. The van der Waals surface area contributed by atoms with E-state index in [-0.39, 0.29) is 17.9 Å². The van der Waals surface area contributed by atoms with E-state index in [9.17, 15) is 4.79 Å². The summed E-state index contributed by atoms with van der Waals surface area (Å²) in [6.45, 7) is 6.36. The van der Waals surface area contributed by atoms with Gasteiger partial charge < -0.3 is 14.6 Å². The Hall–Kier alpha value is -2.93. The van der Waals surface area contributed by atoms with E-state index in [0.29, 0.717) is 36.2 Å². The van der Waals surface area contributed by atoms with Crippen LogP contribution in [0.2, 0.25) is 5.02 Å². The van der Waals surface area contributed by atoms with Gasteiger partial charge in [-0.25, -0.2) is 0 Å². The summed E-state index contributed by atoms with van der Waals surface area (Å²) in [6.07, 6.45) is 4.27. The number of halogens is 1. The summed E-state index contributed by atoms with van der Waals surface area (Å²) in [5.41, 5.74) is 1.73. The topological polar surface area (TPSA) is 90.1 Å². The van der Waals surface area contributed by atoms with Crippen molar-refractivity contribution in [3.63, 3.8) is 0 Å². The van der Waals surface area contributed by atoms with Gasteiger partial charge in [0.05, 0.1) is 6.61 Å². The highest BCUT2D eigenvalue weighted by molar-refractivity contribution is 6.30. The largest absolute Gasteiger partial charge is 0.493 e. The molecule has 0 aliphatic heterocycles. The Labute approximate surface area is 180 Å². The molecule has 30 heavy (non-hydrogen) atoms. The Morgan fingerprint density at radius 2 is 2.13 bits per heavy atom. The van der Waals surface area contributed by atoms with Crippen molar-refractivity contribution in [2.24, 2.45) is 5.92 Å². The molecule has 0 radical (unpaired) electrons. The van der Waals surface area contributed by atoms with Gasteiger partial charge in [0, 0.05) is 29.4 Å². The lowest BCUT2D eigenvalue weighted by molar-refractivity contribution is -0.122. The van der Waals surface area contributed by atoms with Gasteiger partial charge >= 0.3 is 0 Å². The highest BCUT2D eigenvalue weighted by Gasteiger charge is 2.24. The van der Waals surface area contributed by atoms with Crippen molar-refractivity contribution in [2.75, 3.05) is 6.61 Å². The Kier molecular flexibility index (Phi) is 7.41. The number of carbonyl (C=O) groups is 1. The number of carbonyl (C=O) groups excluding carboxylic acids is 1. The molecule has 1 amide bonds. The van der Waals surface area contributed by atoms with Gasteiger partial charge in [-0.2, -0.15) is 4.98 Å². The smallest absolute Gasteiger partial charge is 0.249 e. The average Bonchev–Trinajstić information content (AvgIpc) is 3.21. The van der Waals surface area contributed by atoms with E-state index in [1.54, 1.807) is 24.5 Å². The lowest BCUT2D eigenvalue weighted by Crippen LogP contribution is -2.32. The Morgan fingerprint density at radius 1 is 1.30 bits per heavy atom. The molecule has 0 aliphatic carbocycles. The molecule has 158 valence electrons. The van der Waals surface area contributed by atoms with Gasteiger partial charge in [-0.3, -0.25) is 9.78 Å². The highest BCUT2D eigenvalue weighted by Crippen LogP contribution is 2.24. The summed E-state index contributed by atoms with van der Waals surface area (Å²) in [5, 5.41) is 7.68. The molecule has 0 saturated carbocycles. The van der Waals surface area contributed by atoms with Crippen LogP contribution in [0, 0.1) is 12.8 Å². The van der Waals surface area contributed by atoms with Crippen LogP contribution < -0.4 is 10.1 Å². The third-order valence-corrected chi connectivity index (χ3v) is 4.79. The quantitative estimate of drug-likeness (QED) is 0.494. The summed E-state index contributed by atoms with van der Waals surface area (Å²) >= 11 is 5.95. The molecule has 2 aromatic heterocycles. The first-order valence-corrected chi connectivity index (χ1v) is 10.2. The summed E-state index contributed by atoms with van der Waals surface area (Å²) in [4.78, 5) is 20.9. The van der Waals surface area contributed by atoms with Crippen LogP contribution in [-0.2, 0) is 4.79 Å². The standard InChI is InChI=1S/C22H25ClN4O3/c1-14(2)20(22-26-21(27-30-22)16-6-4-10-24-13-16)25-19(28)7-5-11-29-18-9-8-17(23)12-15(18)3/h4,6,8-10,12-14,20H,5,7,11H2,1-3H3,(H,25,28)/t20-/m0/s1. The Bertz CT molecular complexity index is 976. The molecule has 0 fully saturated rings. The Balaban J connectivity index is 1.52. The van der Waals surface area contributed by atoms with Gasteiger partial charge in [0.25, 0.3) is 0 Å². The van der Waals surface area contributed by atoms with E-state index in [0.717, 1.165) is 16.9 Å². The molecule has 0 saturated heterocycles. The summed E-state index contributed by atoms with van der Waals surface area (Å²) in [6, 6.07) is 8.76. The summed E-state index contributed by atoms with van der Waals surface area (Å²) < 4.78 is 11.2. The minimum absolute atomic E-state index is 0.0871. The Morgan fingerprint density at radius 3 is 2.83 bits per heavy atom. The molecule has 0 bridgehead atoms. The second kappa shape index (κ2) is 10.2. The fourth-order valence-electron chi connectivity index (χ4n) is 2.92. The lowest BCUT2D eigenvalue weighted by atomic mass is 10.0. The molecule has 0 aliphatic rings. The van der Waals surface area contributed by atoms with Crippen molar-refractivity contribution in [3.05, 3.63) is 59.2 Å². The number of amides is 1. The van der Waals surface area contributed by atoms with E-state index in [2.05, 4.69) is 20.4 Å². The lowest BCUT2D eigenvalue weighted by Gasteiger charge is -2.18. The number of benzene rings is 1. The van der Waals surface area contributed by atoms with Gasteiger partial charge in [-0.15, -0.1) is 0 Å². The van der Waals surface area contributed by atoms with Crippen LogP contribution in [0.4, 0.5) is 0 Å². The van der Waals surface area contributed by atoms with Gasteiger partial charge in [-0.05, 0) is 55.2 Å². The van der Waals surface area contributed by atoms with Crippen molar-refractivity contribution in [3.8, 4) is 17.1 Å². The number of ether oxygens (including phenoxy) is 1. The maximum atomic E-state index is 12.4. The minimum atomic E-state index is -0.366. The second-order valence-corrected chi connectivity index (χ2v) is 7.79. The van der Waals surface area contributed by atoms with E-state index in [4.69, 9.17) is 20.9 Å². The first-order chi connectivity index (χ1) is 14.4. The predicted molar refractivity (Wildman–Crippen MR) is 114 cm³/mol. The van der Waals surface area contributed by atoms with Crippen LogP contribution >= 0.6 is 11.6 Å². The summed E-state index contributed by atoms with van der Waals surface area (Å²) in [7, 11) is 0. The predicted octanol–water partition coefficient (Wildman–Crippen LogP) is 4.77. The molecular weight excluding hydrogens is 404 g/mol. The number of aryl methyl sites for hydroxylation is 1. The highest BCUT2D eigenvalue weighted by atomic mass is 35.5. The number of hydrogen-bond acceptors (Lipinski definition) is 6. The van der Waals surface area contributed by atoms with Gasteiger partial charge in [0.15, 0.2) is 0 Å². The zero-order valence-corrected chi connectivity index (χ0v) is 18.0. The third kappa shape index (κ3) is 5.79. The van der Waals surface area contributed by atoms with E-state index in [1.165, 1.54) is 0 Å². The van der Waals surface area contributed by atoms with Crippen LogP contribution in [0.15, 0.2) is 47.2 Å². The average molecular weight is 429 g/mol. The number of nitrogens with one attached hydrogen (secondary N) is 1. The summed E-state index contributed by atoms with van der Waals surface area (Å²) in [5.74, 6) is 1.60. The number of nitrogens with zero attached hydrogens (tertiary/aromatic N) is 3. The zero-order valence-electron chi connectivity index (χ0n) is 17.3. The van der Waals surface area contributed by atoms with Crippen LogP contribution in [0.25, 0.3) is 11.4 Å². The van der Waals surface area contributed by atoms with Crippen molar-refractivity contribution >= 4 is 17.5 Å². The van der Waals surface area contributed by atoms with Gasteiger partial charge in [-0.1, -0.05) is 30.6 Å². The van der Waals surface area contributed by atoms with E-state index < -0.39 is 0 Å². The SMILES string of the molecule is Cc1cc(Cl)ccc1OCCCC(=O)N[C@H](c1nc(-c2cccnc2)no1)C(C)C. The van der Waals surface area contributed by atoms with Crippen LogP contribution in [0.3, 0.4) is 0 Å². The third-order valence-electron chi connectivity index (χ3n) is 4.55. The van der Waals surface area contributed by atoms with Gasteiger partial charge in [0.2, 0.25) is 17.6 Å². The van der Waals surface area contributed by atoms with Crippen LogP contribution in [0.1, 0.15) is 44.2 Å². The molecule has 2 heterocycles. The first kappa shape index (κ1) is 21.8.